The minimum Gasteiger partial charge on any atom is -0.473 e. The maximum atomic E-state index is 11.6. The lowest BCUT2D eigenvalue weighted by atomic mass is 10.0. The molecule has 0 radical (unpaired) electrons. The van der Waals surface area contributed by atoms with Gasteiger partial charge in [0.15, 0.2) is 9.84 Å². The van der Waals surface area contributed by atoms with Crippen molar-refractivity contribution in [2.45, 2.75) is 11.8 Å². The van der Waals surface area contributed by atoms with E-state index in [1.807, 2.05) is 25.1 Å². The number of hydrogen-bond donors (Lipinski definition) is 2. The van der Waals surface area contributed by atoms with Gasteiger partial charge >= 0.3 is 11.9 Å². The van der Waals surface area contributed by atoms with Crippen molar-refractivity contribution in [3.8, 4) is 22.4 Å². The molecule has 0 fully saturated rings. The number of aryl methyl sites for hydroxylation is 1. The molecule has 0 aliphatic rings. The summed E-state index contributed by atoms with van der Waals surface area (Å²) in [5.74, 6) is -3.65. The second-order valence-electron chi connectivity index (χ2n) is 6.14. The Kier molecular flexibility index (Phi) is 7.25. The largest absolute Gasteiger partial charge is 0.473 e. The fraction of sp³-hybridized carbons (Fsp3) is 0.100. The number of carboxylic acids is 2. The Hall–Kier alpha value is -3.30. The second-order valence-corrected chi connectivity index (χ2v) is 8.60. The minimum atomic E-state index is -3.23. The molecule has 0 aliphatic carbocycles. The summed E-state index contributed by atoms with van der Waals surface area (Å²) in [5, 5.41) is 15.3. The van der Waals surface area contributed by atoms with Crippen molar-refractivity contribution < 1.29 is 28.2 Å². The highest BCUT2D eigenvalue weighted by Gasteiger charge is 2.12. The summed E-state index contributed by atoms with van der Waals surface area (Å²) in [6, 6.07) is 12.4. The number of benzene rings is 1. The molecule has 0 amide bonds. The van der Waals surface area contributed by atoms with Gasteiger partial charge in [0.1, 0.15) is 0 Å². The van der Waals surface area contributed by atoms with Crippen LogP contribution in [0.1, 0.15) is 5.69 Å². The van der Waals surface area contributed by atoms with Crippen molar-refractivity contribution in [2.24, 2.45) is 0 Å². The van der Waals surface area contributed by atoms with Gasteiger partial charge in [-0.2, -0.15) is 0 Å². The van der Waals surface area contributed by atoms with Gasteiger partial charge in [-0.1, -0.05) is 23.7 Å². The summed E-state index contributed by atoms with van der Waals surface area (Å²) in [7, 11) is -3.23. The predicted molar refractivity (Wildman–Crippen MR) is 111 cm³/mol. The van der Waals surface area contributed by atoms with E-state index in [0.717, 1.165) is 28.1 Å². The van der Waals surface area contributed by atoms with Gasteiger partial charge in [0.2, 0.25) is 0 Å². The Labute approximate surface area is 177 Å². The Morgan fingerprint density at radius 2 is 1.47 bits per heavy atom. The third-order valence-corrected chi connectivity index (χ3v) is 5.15. The van der Waals surface area contributed by atoms with Crippen LogP contribution in [-0.2, 0) is 19.4 Å². The van der Waals surface area contributed by atoms with Crippen LogP contribution >= 0.6 is 11.6 Å². The summed E-state index contributed by atoms with van der Waals surface area (Å²) < 4.78 is 23.2. The summed E-state index contributed by atoms with van der Waals surface area (Å²) in [5.41, 5.74) is 4.21. The van der Waals surface area contributed by atoms with E-state index in [4.69, 9.17) is 31.4 Å². The molecule has 0 atom stereocenters. The van der Waals surface area contributed by atoms with Gasteiger partial charge in [-0.25, -0.2) is 18.0 Å². The predicted octanol–water partition coefficient (Wildman–Crippen LogP) is 3.33. The van der Waals surface area contributed by atoms with E-state index < -0.39 is 21.8 Å². The molecule has 2 heterocycles. The van der Waals surface area contributed by atoms with Gasteiger partial charge in [0.05, 0.1) is 15.6 Å². The monoisotopic (exact) mass is 448 g/mol. The first kappa shape index (κ1) is 23.0. The first-order valence-electron chi connectivity index (χ1n) is 8.34. The Morgan fingerprint density at radius 3 is 1.93 bits per heavy atom. The molecular weight excluding hydrogens is 432 g/mol. The molecule has 0 unspecified atom stereocenters. The van der Waals surface area contributed by atoms with Crippen LogP contribution < -0.4 is 0 Å². The van der Waals surface area contributed by atoms with Crippen LogP contribution in [0.15, 0.2) is 59.8 Å². The van der Waals surface area contributed by atoms with Crippen LogP contribution in [0.5, 0.6) is 0 Å². The molecule has 0 aliphatic heterocycles. The SMILES string of the molecule is Cc1ccc(-c2ncc(Cl)cc2-c2ccc(S(C)(=O)=O)cc2)cn1.O=C(O)C(=O)O. The van der Waals surface area contributed by atoms with Crippen molar-refractivity contribution >= 4 is 33.4 Å². The maximum Gasteiger partial charge on any atom is 0.414 e. The van der Waals surface area contributed by atoms with Crippen LogP contribution in [-0.4, -0.2) is 46.8 Å². The molecule has 2 aromatic heterocycles. The minimum absolute atomic E-state index is 0.278. The average Bonchev–Trinajstić information content (AvgIpc) is 2.68. The van der Waals surface area contributed by atoms with E-state index in [-0.39, 0.29) is 4.90 Å². The van der Waals surface area contributed by atoms with Crippen LogP contribution in [0.3, 0.4) is 0 Å². The molecule has 1 aromatic carbocycles. The lowest BCUT2D eigenvalue weighted by molar-refractivity contribution is -0.159. The zero-order valence-corrected chi connectivity index (χ0v) is 17.5. The number of nitrogens with zero attached hydrogens (tertiary/aromatic N) is 2. The van der Waals surface area contributed by atoms with Crippen LogP contribution in [0.2, 0.25) is 5.02 Å². The fourth-order valence-electron chi connectivity index (χ4n) is 2.38. The molecule has 3 rings (SSSR count). The number of aliphatic carboxylic acids is 2. The van der Waals surface area contributed by atoms with Gasteiger partial charge < -0.3 is 10.2 Å². The molecule has 10 heteroatoms. The van der Waals surface area contributed by atoms with Crippen molar-refractivity contribution in [3.63, 3.8) is 0 Å². The number of aromatic nitrogens is 2. The van der Waals surface area contributed by atoms with Gasteiger partial charge in [0.25, 0.3) is 0 Å². The lowest BCUT2D eigenvalue weighted by Gasteiger charge is -2.10. The van der Waals surface area contributed by atoms with Gasteiger partial charge in [0, 0.05) is 35.5 Å². The number of rotatable bonds is 3. The van der Waals surface area contributed by atoms with Crippen molar-refractivity contribution in [1.82, 2.24) is 9.97 Å². The van der Waals surface area contributed by atoms with E-state index in [2.05, 4.69) is 9.97 Å². The topological polar surface area (TPSA) is 135 Å². The standard InChI is InChI=1S/C18H15ClN2O2S.C2H2O4/c1-12-3-4-14(10-20-12)18-17(9-15(19)11-21-18)13-5-7-16(8-6-13)24(2,22)23;3-1(4)2(5)6/h3-11H,1-2H3;(H,3,4)(H,5,6). The molecule has 156 valence electrons. The highest BCUT2D eigenvalue weighted by atomic mass is 35.5. The maximum absolute atomic E-state index is 11.6. The molecular formula is C20H17ClN2O6S. The second kappa shape index (κ2) is 9.47. The summed E-state index contributed by atoms with van der Waals surface area (Å²) in [6.45, 7) is 1.92. The number of pyridine rings is 2. The molecule has 30 heavy (non-hydrogen) atoms. The van der Waals surface area contributed by atoms with E-state index >= 15 is 0 Å². The number of hydrogen-bond acceptors (Lipinski definition) is 6. The zero-order chi connectivity index (χ0) is 22.5. The molecule has 0 saturated heterocycles. The van der Waals surface area contributed by atoms with Gasteiger partial charge in [-0.05, 0) is 42.8 Å². The van der Waals surface area contributed by atoms with Crippen molar-refractivity contribution in [3.05, 3.63) is 65.6 Å². The first-order valence-corrected chi connectivity index (χ1v) is 10.6. The van der Waals surface area contributed by atoms with Crippen molar-refractivity contribution in [2.75, 3.05) is 6.26 Å². The Balaban J connectivity index is 0.000000469. The van der Waals surface area contributed by atoms with Crippen LogP contribution in [0, 0.1) is 6.92 Å². The number of halogens is 1. The molecule has 3 aromatic rings. The number of carbonyl (C=O) groups is 2. The summed E-state index contributed by atoms with van der Waals surface area (Å²) in [6.07, 6.45) is 4.54. The van der Waals surface area contributed by atoms with Crippen molar-refractivity contribution in [1.29, 1.82) is 0 Å². The van der Waals surface area contributed by atoms with E-state index in [1.54, 1.807) is 36.7 Å². The number of sulfone groups is 1. The summed E-state index contributed by atoms with van der Waals surface area (Å²) >= 11 is 6.11. The highest BCUT2D eigenvalue weighted by molar-refractivity contribution is 7.90. The van der Waals surface area contributed by atoms with E-state index in [1.165, 1.54) is 6.26 Å². The molecule has 0 bridgehead atoms. The van der Waals surface area contributed by atoms with E-state index in [9.17, 15) is 8.42 Å². The van der Waals surface area contributed by atoms with Crippen LogP contribution in [0.25, 0.3) is 22.4 Å². The van der Waals surface area contributed by atoms with Gasteiger partial charge in [-0.15, -0.1) is 0 Å². The average molecular weight is 449 g/mol. The summed E-state index contributed by atoms with van der Waals surface area (Å²) in [4.78, 5) is 27.2. The molecule has 2 N–H and O–H groups in total. The highest BCUT2D eigenvalue weighted by Crippen LogP contribution is 2.32. The number of carboxylic acid groups (broad SMARTS) is 2. The molecule has 0 spiro atoms. The molecule has 8 nitrogen and oxygen atoms in total. The third-order valence-electron chi connectivity index (χ3n) is 3.82. The third kappa shape index (κ3) is 6.10. The van der Waals surface area contributed by atoms with Gasteiger partial charge in [-0.3, -0.25) is 9.97 Å². The van der Waals surface area contributed by atoms with Crippen LogP contribution in [0.4, 0.5) is 0 Å². The quantitative estimate of drug-likeness (QED) is 0.582. The van der Waals surface area contributed by atoms with E-state index in [0.29, 0.717) is 5.02 Å². The first-order chi connectivity index (χ1) is 14.0. The Morgan fingerprint density at radius 1 is 0.900 bits per heavy atom. The Bertz CT molecular complexity index is 1160. The smallest absolute Gasteiger partial charge is 0.414 e. The normalized spacial score (nSPS) is 10.6. The molecule has 0 saturated carbocycles. The lowest BCUT2D eigenvalue weighted by Crippen LogP contribution is -2.09. The zero-order valence-electron chi connectivity index (χ0n) is 15.9. The fourth-order valence-corrected chi connectivity index (χ4v) is 3.17.